The number of fused-ring (bicyclic) bond motifs is 4. The van der Waals surface area contributed by atoms with Crippen molar-refractivity contribution in [2.24, 2.45) is 0 Å². The van der Waals surface area contributed by atoms with Crippen LogP contribution >= 0.6 is 0 Å². The Bertz CT molecular complexity index is 1490. The highest BCUT2D eigenvalue weighted by Crippen LogP contribution is 2.50. The van der Waals surface area contributed by atoms with Crippen LogP contribution in [0.15, 0.2) is 66.7 Å². The van der Waals surface area contributed by atoms with Crippen molar-refractivity contribution in [2.45, 2.75) is 56.5 Å². The number of amides is 1. The number of rotatable bonds is 10. The molecule has 1 aliphatic heterocycles. The maximum atomic E-state index is 12.7. The molecule has 1 amide bonds. The van der Waals surface area contributed by atoms with E-state index >= 15 is 0 Å². The van der Waals surface area contributed by atoms with Gasteiger partial charge >= 0.3 is 18.0 Å². The molecule has 0 saturated carbocycles. The molecule has 0 fully saturated rings. The molecule has 5 N–H and O–H groups in total. The van der Waals surface area contributed by atoms with E-state index in [1.165, 1.54) is 0 Å². The normalized spacial score (nSPS) is 19.9. The number of carboxylic acids is 2. The van der Waals surface area contributed by atoms with Crippen LogP contribution in [0.25, 0.3) is 11.1 Å². The summed E-state index contributed by atoms with van der Waals surface area (Å²) in [5.41, 5.74) is 5.64. The summed E-state index contributed by atoms with van der Waals surface area (Å²) in [6, 6.07) is 19.7. The summed E-state index contributed by atoms with van der Waals surface area (Å²) in [5.74, 6) is -2.86. The van der Waals surface area contributed by atoms with Gasteiger partial charge in [0.15, 0.2) is 0 Å². The molecule has 3 unspecified atom stereocenters. The number of aliphatic hydroxyl groups excluding tert-OH is 2. The number of carbonyl (C=O) groups excluding carboxylic acids is 1. The molecule has 42 heavy (non-hydrogen) atoms. The Hall–Kier alpha value is -4.25. The molecular weight excluding hydrogens is 540 g/mol. The van der Waals surface area contributed by atoms with Gasteiger partial charge in [-0.1, -0.05) is 80.6 Å². The van der Waals surface area contributed by atoms with E-state index in [4.69, 9.17) is 9.84 Å². The lowest BCUT2D eigenvalue weighted by atomic mass is 9.77. The number of carboxylic acid groups (broad SMARTS) is 2. The summed E-state index contributed by atoms with van der Waals surface area (Å²) in [5, 5.41) is 42.7. The van der Waals surface area contributed by atoms with Crippen LogP contribution < -0.4 is 5.32 Å². The van der Waals surface area contributed by atoms with Gasteiger partial charge in [-0.3, -0.25) is 4.79 Å². The van der Waals surface area contributed by atoms with Crippen molar-refractivity contribution in [3.8, 4) is 11.1 Å². The maximum Gasteiger partial charge on any atom is 0.407 e. The molecule has 1 heterocycles. The number of hydrogen-bond donors (Lipinski definition) is 5. The Kier molecular flexibility index (Phi) is 8.05. The van der Waals surface area contributed by atoms with Gasteiger partial charge in [0.1, 0.15) is 25.1 Å². The Labute approximate surface area is 243 Å². The molecule has 2 aliphatic rings. The lowest BCUT2D eigenvalue weighted by Gasteiger charge is -2.36. The molecule has 5 rings (SSSR count). The highest BCUT2D eigenvalue weighted by molar-refractivity contribution is 5.82. The number of hydrogen-bond acceptors (Lipinski definition) is 7. The molecule has 4 atom stereocenters. The van der Waals surface area contributed by atoms with Crippen LogP contribution in [0.1, 0.15) is 72.9 Å². The van der Waals surface area contributed by atoms with Crippen molar-refractivity contribution in [2.75, 3.05) is 13.2 Å². The number of aliphatic hydroxyl groups is 2. The molecule has 0 saturated heterocycles. The van der Waals surface area contributed by atoms with Gasteiger partial charge in [0.05, 0.1) is 0 Å². The molecule has 0 aromatic heterocycles. The Morgan fingerprint density at radius 3 is 2.10 bits per heavy atom. The zero-order chi connectivity index (χ0) is 30.2. The summed E-state index contributed by atoms with van der Waals surface area (Å²) >= 11 is 0. The SMILES string of the molecule is CC(C)(CN1C(O)c2ccccc2C1O)c1cccc2c1C(COC(=O)N[C@@H](CCC(=O)O)C(=O)O)c1ccccc1-2. The molecule has 0 radical (unpaired) electrons. The first-order valence-electron chi connectivity index (χ1n) is 13.8. The number of nitrogens with one attached hydrogen (secondary N) is 1. The van der Waals surface area contributed by atoms with E-state index in [0.717, 1.165) is 27.8 Å². The second-order valence-corrected chi connectivity index (χ2v) is 11.4. The predicted octanol–water partition coefficient (Wildman–Crippen LogP) is 4.12. The van der Waals surface area contributed by atoms with Crippen molar-refractivity contribution in [1.29, 1.82) is 0 Å². The monoisotopic (exact) mass is 574 g/mol. The van der Waals surface area contributed by atoms with Gasteiger partial charge in [0, 0.05) is 35.4 Å². The van der Waals surface area contributed by atoms with E-state index in [9.17, 15) is 29.7 Å². The van der Waals surface area contributed by atoms with Gasteiger partial charge < -0.3 is 30.5 Å². The van der Waals surface area contributed by atoms with Gasteiger partial charge in [0.25, 0.3) is 0 Å². The van der Waals surface area contributed by atoms with Gasteiger partial charge in [-0.25, -0.2) is 14.5 Å². The Morgan fingerprint density at radius 2 is 1.48 bits per heavy atom. The first kappa shape index (κ1) is 29.2. The quantitative estimate of drug-likeness (QED) is 0.240. The zero-order valence-electron chi connectivity index (χ0n) is 23.4. The number of nitrogens with zero attached hydrogens (tertiary/aromatic N) is 1. The third-order valence-electron chi connectivity index (χ3n) is 8.19. The number of carbonyl (C=O) groups is 3. The highest BCUT2D eigenvalue weighted by atomic mass is 16.5. The fourth-order valence-electron chi connectivity index (χ4n) is 6.20. The first-order chi connectivity index (χ1) is 20.0. The predicted molar refractivity (Wildman–Crippen MR) is 153 cm³/mol. The minimum atomic E-state index is -1.39. The third-order valence-corrected chi connectivity index (χ3v) is 8.19. The average molecular weight is 575 g/mol. The molecule has 0 bridgehead atoms. The molecule has 3 aromatic rings. The van der Waals surface area contributed by atoms with Crippen molar-refractivity contribution in [1.82, 2.24) is 10.2 Å². The smallest absolute Gasteiger partial charge is 0.407 e. The van der Waals surface area contributed by atoms with Crippen LogP contribution in [0.5, 0.6) is 0 Å². The molecule has 0 spiro atoms. The van der Waals surface area contributed by atoms with Crippen molar-refractivity contribution in [3.63, 3.8) is 0 Å². The Balaban J connectivity index is 1.41. The Morgan fingerprint density at radius 1 is 0.881 bits per heavy atom. The summed E-state index contributed by atoms with van der Waals surface area (Å²) in [6.07, 6.45) is -3.56. The lowest BCUT2D eigenvalue weighted by molar-refractivity contribution is -0.140. The van der Waals surface area contributed by atoms with Crippen molar-refractivity contribution in [3.05, 3.63) is 94.5 Å². The molecule has 3 aromatic carbocycles. The van der Waals surface area contributed by atoms with Crippen LogP contribution in [-0.4, -0.2) is 62.6 Å². The van der Waals surface area contributed by atoms with E-state index in [2.05, 4.69) is 5.32 Å². The van der Waals surface area contributed by atoms with Gasteiger partial charge in [0.2, 0.25) is 0 Å². The summed E-state index contributed by atoms with van der Waals surface area (Å²) in [7, 11) is 0. The number of aliphatic carboxylic acids is 2. The average Bonchev–Trinajstić information content (AvgIpc) is 3.41. The summed E-state index contributed by atoms with van der Waals surface area (Å²) in [6.45, 7) is 4.33. The van der Waals surface area contributed by atoms with Crippen LogP contribution in [-0.2, 0) is 19.7 Å². The third kappa shape index (κ3) is 5.48. The maximum absolute atomic E-state index is 12.7. The molecule has 220 valence electrons. The summed E-state index contributed by atoms with van der Waals surface area (Å²) < 4.78 is 5.55. The zero-order valence-corrected chi connectivity index (χ0v) is 23.4. The van der Waals surface area contributed by atoms with E-state index in [1.807, 2.05) is 80.6 Å². The van der Waals surface area contributed by atoms with Crippen LogP contribution in [0.2, 0.25) is 0 Å². The van der Waals surface area contributed by atoms with E-state index in [-0.39, 0.29) is 18.9 Å². The van der Waals surface area contributed by atoms with Crippen molar-refractivity contribution >= 4 is 18.0 Å². The standard InChI is InChI=1S/C32H34N2O8/c1-32(2,17-34-28(37)21-10-5-6-11-22(21)29(34)38)24-13-7-12-20-18-8-3-4-9-19(18)23(27(20)24)16-42-31(41)33-25(30(39)40)14-15-26(35)36/h3-13,23,25,28-29,37-38H,14-17H2,1-2H3,(H,33,41)(H,35,36)(H,39,40)/t23?,25-,28?,29?/m0/s1. The van der Waals surface area contributed by atoms with Gasteiger partial charge in [-0.2, -0.15) is 0 Å². The fraction of sp³-hybridized carbons (Fsp3) is 0.344. The molecule has 10 heteroatoms. The number of alkyl carbamates (subject to hydrolysis) is 1. The molecular formula is C32H34N2O8. The van der Waals surface area contributed by atoms with Crippen LogP contribution in [0, 0.1) is 0 Å². The number of ether oxygens (including phenoxy) is 1. The van der Waals surface area contributed by atoms with Crippen molar-refractivity contribution < 1.29 is 39.5 Å². The van der Waals surface area contributed by atoms with Crippen LogP contribution in [0.3, 0.4) is 0 Å². The molecule has 10 nitrogen and oxygen atoms in total. The van der Waals surface area contributed by atoms with E-state index < -0.39 is 48.4 Å². The molecule has 1 aliphatic carbocycles. The minimum absolute atomic E-state index is 0.0748. The minimum Gasteiger partial charge on any atom is -0.481 e. The fourth-order valence-corrected chi connectivity index (χ4v) is 6.20. The largest absolute Gasteiger partial charge is 0.481 e. The lowest BCUT2D eigenvalue weighted by Crippen LogP contribution is -2.41. The first-order valence-corrected chi connectivity index (χ1v) is 13.8. The van der Waals surface area contributed by atoms with E-state index in [0.29, 0.717) is 17.7 Å². The van der Waals surface area contributed by atoms with E-state index in [1.54, 1.807) is 4.90 Å². The number of benzene rings is 3. The topological polar surface area (TPSA) is 157 Å². The summed E-state index contributed by atoms with van der Waals surface area (Å²) in [4.78, 5) is 36.8. The van der Waals surface area contributed by atoms with Gasteiger partial charge in [-0.15, -0.1) is 0 Å². The second-order valence-electron chi connectivity index (χ2n) is 11.4. The second kappa shape index (κ2) is 11.6. The highest BCUT2D eigenvalue weighted by Gasteiger charge is 2.42. The van der Waals surface area contributed by atoms with Crippen LogP contribution in [0.4, 0.5) is 4.79 Å². The van der Waals surface area contributed by atoms with Gasteiger partial charge in [-0.05, 0) is 34.2 Å².